The van der Waals surface area contributed by atoms with Crippen molar-refractivity contribution in [1.29, 1.82) is 0 Å². The van der Waals surface area contributed by atoms with E-state index in [2.05, 4.69) is 5.32 Å². The first-order chi connectivity index (χ1) is 11.8. The first-order valence-electron chi connectivity index (χ1n) is 7.24. The van der Waals surface area contributed by atoms with Gasteiger partial charge in [-0.05, 0) is 48.9 Å². The van der Waals surface area contributed by atoms with Crippen molar-refractivity contribution < 1.29 is 18.7 Å². The van der Waals surface area contributed by atoms with Gasteiger partial charge < -0.3 is 15.8 Å². The molecule has 2 amide bonds. The van der Waals surface area contributed by atoms with Gasteiger partial charge in [-0.25, -0.2) is 4.39 Å². The molecule has 0 heterocycles. The zero-order chi connectivity index (χ0) is 18.6. The van der Waals surface area contributed by atoms with Gasteiger partial charge in [-0.15, -0.1) is 0 Å². The molecule has 2 aromatic carbocycles. The van der Waals surface area contributed by atoms with Gasteiger partial charge in [0.1, 0.15) is 11.6 Å². The third-order valence-electron chi connectivity index (χ3n) is 3.35. The summed E-state index contributed by atoms with van der Waals surface area (Å²) >= 11 is 11.7. The van der Waals surface area contributed by atoms with Crippen molar-refractivity contribution in [2.75, 3.05) is 6.61 Å². The van der Waals surface area contributed by atoms with Crippen LogP contribution in [0.1, 0.15) is 28.9 Å². The van der Waals surface area contributed by atoms with E-state index >= 15 is 0 Å². The molecule has 25 heavy (non-hydrogen) atoms. The van der Waals surface area contributed by atoms with Crippen molar-refractivity contribution in [2.24, 2.45) is 5.73 Å². The van der Waals surface area contributed by atoms with Gasteiger partial charge in [0, 0.05) is 10.6 Å². The highest BCUT2D eigenvalue weighted by Crippen LogP contribution is 2.28. The van der Waals surface area contributed by atoms with Crippen LogP contribution in [0.25, 0.3) is 0 Å². The molecule has 8 heteroatoms. The van der Waals surface area contributed by atoms with E-state index in [0.717, 1.165) is 0 Å². The first-order valence-corrected chi connectivity index (χ1v) is 8.00. The molecule has 0 saturated heterocycles. The Bertz CT molecular complexity index is 797. The summed E-state index contributed by atoms with van der Waals surface area (Å²) in [6, 6.07) is 8.09. The van der Waals surface area contributed by atoms with E-state index in [1.807, 2.05) is 0 Å². The Morgan fingerprint density at radius 1 is 1.20 bits per heavy atom. The van der Waals surface area contributed by atoms with Gasteiger partial charge in [0.25, 0.3) is 11.8 Å². The van der Waals surface area contributed by atoms with Crippen molar-refractivity contribution >= 4 is 35.0 Å². The number of hydrogen-bond acceptors (Lipinski definition) is 3. The molecule has 0 aliphatic carbocycles. The fraction of sp³-hybridized carbons (Fsp3) is 0.176. The van der Waals surface area contributed by atoms with Crippen molar-refractivity contribution in [1.82, 2.24) is 5.32 Å². The van der Waals surface area contributed by atoms with Crippen LogP contribution in [-0.2, 0) is 4.79 Å². The maximum atomic E-state index is 13.6. The smallest absolute Gasteiger partial charge is 0.255 e. The van der Waals surface area contributed by atoms with Crippen molar-refractivity contribution in [3.8, 4) is 5.75 Å². The number of hydrogen-bond donors (Lipinski definition) is 2. The van der Waals surface area contributed by atoms with E-state index in [0.29, 0.717) is 16.9 Å². The second-order valence-corrected chi connectivity index (χ2v) is 6.08. The fourth-order valence-electron chi connectivity index (χ4n) is 2.08. The van der Waals surface area contributed by atoms with Crippen LogP contribution in [0.5, 0.6) is 5.75 Å². The third-order valence-corrected chi connectivity index (χ3v) is 3.97. The van der Waals surface area contributed by atoms with E-state index in [1.54, 1.807) is 6.92 Å². The predicted octanol–water partition coefficient (Wildman–Crippen LogP) is 3.49. The highest BCUT2D eigenvalue weighted by atomic mass is 35.5. The normalized spacial score (nSPS) is 11.7. The van der Waals surface area contributed by atoms with Crippen LogP contribution in [0.2, 0.25) is 10.0 Å². The maximum Gasteiger partial charge on any atom is 0.255 e. The fourth-order valence-corrected chi connectivity index (χ4v) is 2.63. The summed E-state index contributed by atoms with van der Waals surface area (Å²) < 4.78 is 18.7. The summed E-state index contributed by atoms with van der Waals surface area (Å²) in [6.07, 6.45) is 0. The van der Waals surface area contributed by atoms with Gasteiger partial charge in [0.2, 0.25) is 0 Å². The maximum absolute atomic E-state index is 13.6. The standard InChI is InChI=1S/C17H15Cl2FN2O3/c1-9(12-6-15(20)14(19)7-13(12)18)22-17(24)10-2-4-11(5-3-10)25-8-16(21)23/h2-7,9H,8H2,1H3,(H2,21,23)(H,22,24). The molecule has 0 radical (unpaired) electrons. The second kappa shape index (κ2) is 8.18. The highest BCUT2D eigenvalue weighted by molar-refractivity contribution is 6.35. The molecule has 2 aromatic rings. The van der Waals surface area contributed by atoms with Crippen LogP contribution in [0.3, 0.4) is 0 Å². The van der Waals surface area contributed by atoms with Crippen LogP contribution < -0.4 is 15.8 Å². The lowest BCUT2D eigenvalue weighted by Crippen LogP contribution is -2.27. The summed E-state index contributed by atoms with van der Waals surface area (Å²) in [4.78, 5) is 22.9. The molecule has 132 valence electrons. The minimum Gasteiger partial charge on any atom is -0.484 e. The number of primary amides is 1. The van der Waals surface area contributed by atoms with Crippen LogP contribution >= 0.6 is 23.2 Å². The molecule has 0 spiro atoms. The molecule has 0 aromatic heterocycles. The number of nitrogens with one attached hydrogen (secondary N) is 1. The Kier molecular flexibility index (Phi) is 6.22. The third kappa shape index (κ3) is 5.08. The molecule has 2 rings (SSSR count). The van der Waals surface area contributed by atoms with Gasteiger partial charge in [-0.3, -0.25) is 9.59 Å². The molecule has 1 unspecified atom stereocenters. The molecular weight excluding hydrogens is 370 g/mol. The quantitative estimate of drug-likeness (QED) is 0.747. The van der Waals surface area contributed by atoms with Crippen LogP contribution in [0, 0.1) is 5.82 Å². The number of carbonyl (C=O) groups excluding carboxylic acids is 2. The average molecular weight is 385 g/mol. The molecule has 0 aliphatic heterocycles. The lowest BCUT2D eigenvalue weighted by atomic mass is 10.1. The number of halogens is 3. The average Bonchev–Trinajstić information content (AvgIpc) is 2.56. The molecule has 0 fully saturated rings. The van der Waals surface area contributed by atoms with Gasteiger partial charge in [-0.1, -0.05) is 23.2 Å². The summed E-state index contributed by atoms with van der Waals surface area (Å²) in [6.45, 7) is 1.43. The Morgan fingerprint density at radius 3 is 2.44 bits per heavy atom. The SMILES string of the molecule is CC(NC(=O)c1ccc(OCC(N)=O)cc1)c1cc(F)c(Cl)cc1Cl. The Labute approximate surface area is 153 Å². The Hall–Kier alpha value is -2.31. The predicted molar refractivity (Wildman–Crippen MR) is 93.4 cm³/mol. The van der Waals surface area contributed by atoms with E-state index in [-0.39, 0.29) is 22.6 Å². The van der Waals surface area contributed by atoms with Gasteiger partial charge >= 0.3 is 0 Å². The van der Waals surface area contributed by atoms with Crippen molar-refractivity contribution in [3.05, 3.63) is 63.4 Å². The zero-order valence-electron chi connectivity index (χ0n) is 13.2. The molecule has 0 bridgehead atoms. The summed E-state index contributed by atoms with van der Waals surface area (Å²) in [5.41, 5.74) is 5.77. The minimum atomic E-state index is -0.613. The molecule has 5 nitrogen and oxygen atoms in total. The number of rotatable bonds is 6. The summed E-state index contributed by atoms with van der Waals surface area (Å²) in [7, 11) is 0. The second-order valence-electron chi connectivity index (χ2n) is 5.26. The first kappa shape index (κ1) is 19.0. The lowest BCUT2D eigenvalue weighted by molar-refractivity contribution is -0.119. The Balaban J connectivity index is 2.06. The molecular formula is C17H15Cl2FN2O3. The summed E-state index contributed by atoms with van der Waals surface area (Å²) in [5.74, 6) is -1.17. The van der Waals surface area contributed by atoms with Crippen molar-refractivity contribution in [3.63, 3.8) is 0 Å². The highest BCUT2D eigenvalue weighted by Gasteiger charge is 2.16. The van der Waals surface area contributed by atoms with Crippen LogP contribution in [-0.4, -0.2) is 18.4 Å². The van der Waals surface area contributed by atoms with E-state index < -0.39 is 17.8 Å². The minimum absolute atomic E-state index is 0.0844. The van der Waals surface area contributed by atoms with Gasteiger partial charge in [0.15, 0.2) is 6.61 Å². The number of carbonyl (C=O) groups is 2. The molecule has 3 N–H and O–H groups in total. The van der Waals surface area contributed by atoms with Crippen LogP contribution in [0.15, 0.2) is 36.4 Å². The van der Waals surface area contributed by atoms with Crippen LogP contribution in [0.4, 0.5) is 4.39 Å². The number of nitrogens with two attached hydrogens (primary N) is 1. The monoisotopic (exact) mass is 384 g/mol. The number of amides is 2. The topological polar surface area (TPSA) is 81.4 Å². The van der Waals surface area contributed by atoms with Gasteiger partial charge in [0.05, 0.1) is 11.1 Å². The number of ether oxygens (including phenoxy) is 1. The molecule has 0 aliphatic rings. The van der Waals surface area contributed by atoms with Gasteiger partial charge in [-0.2, -0.15) is 0 Å². The zero-order valence-corrected chi connectivity index (χ0v) is 14.7. The largest absolute Gasteiger partial charge is 0.484 e. The van der Waals surface area contributed by atoms with E-state index in [4.69, 9.17) is 33.7 Å². The lowest BCUT2D eigenvalue weighted by Gasteiger charge is -2.16. The number of benzene rings is 2. The van der Waals surface area contributed by atoms with E-state index in [9.17, 15) is 14.0 Å². The summed E-state index contributed by atoms with van der Waals surface area (Å²) in [5, 5.41) is 2.90. The van der Waals surface area contributed by atoms with Crippen molar-refractivity contribution in [2.45, 2.75) is 13.0 Å². The molecule has 0 saturated carbocycles. The molecule has 1 atom stereocenters. The Morgan fingerprint density at radius 2 is 1.84 bits per heavy atom. The van der Waals surface area contributed by atoms with E-state index in [1.165, 1.54) is 36.4 Å².